The Balaban J connectivity index is 2.12. The molecule has 0 aliphatic carbocycles. The van der Waals surface area contributed by atoms with Gasteiger partial charge in [0.25, 0.3) is 10.0 Å². The number of sulfonamides is 1. The van der Waals surface area contributed by atoms with Crippen LogP contribution in [0.15, 0.2) is 47.4 Å². The number of hydrogen-bond donors (Lipinski definition) is 1. The fourth-order valence-corrected chi connectivity index (χ4v) is 3.35. The third-order valence-corrected chi connectivity index (χ3v) is 4.64. The van der Waals surface area contributed by atoms with Gasteiger partial charge >= 0.3 is 0 Å². The molecule has 0 unspecified atom stereocenters. The van der Waals surface area contributed by atoms with Crippen molar-refractivity contribution in [2.24, 2.45) is 0 Å². The Kier molecular flexibility index (Phi) is 6.12. The summed E-state index contributed by atoms with van der Waals surface area (Å²) < 4.78 is 37.4. The molecule has 0 radical (unpaired) electrons. The van der Waals surface area contributed by atoms with Crippen molar-refractivity contribution in [3.8, 4) is 5.75 Å². The number of halogens is 2. The molecule has 0 saturated carbocycles. The lowest BCUT2D eigenvalue weighted by atomic mass is 10.3. The summed E-state index contributed by atoms with van der Waals surface area (Å²) in [6.45, 7) is 0.846. The van der Waals surface area contributed by atoms with Crippen molar-refractivity contribution in [3.05, 3.63) is 52.5 Å². The first kappa shape index (κ1) is 17.9. The molecular formula is C15H15Cl2NO4S. The lowest BCUT2D eigenvalue weighted by molar-refractivity contribution is 0.146. The van der Waals surface area contributed by atoms with Crippen molar-refractivity contribution in [3.63, 3.8) is 0 Å². The van der Waals surface area contributed by atoms with Gasteiger partial charge < -0.3 is 9.47 Å². The van der Waals surface area contributed by atoms with Crippen molar-refractivity contribution in [1.29, 1.82) is 0 Å². The highest BCUT2D eigenvalue weighted by molar-refractivity contribution is 7.92. The number of nitrogens with one attached hydrogen (secondary N) is 1. The van der Waals surface area contributed by atoms with Gasteiger partial charge in [0.1, 0.15) is 12.4 Å². The van der Waals surface area contributed by atoms with E-state index in [1.165, 1.54) is 30.3 Å². The number of methoxy groups -OCH3 is 1. The molecule has 0 heterocycles. The zero-order chi connectivity index (χ0) is 16.9. The number of hydrogen-bond acceptors (Lipinski definition) is 4. The van der Waals surface area contributed by atoms with Crippen LogP contribution in [0.1, 0.15) is 0 Å². The minimum absolute atomic E-state index is 0.104. The summed E-state index contributed by atoms with van der Waals surface area (Å²) in [6.07, 6.45) is 0. The molecule has 0 atom stereocenters. The minimum atomic E-state index is -3.74. The van der Waals surface area contributed by atoms with E-state index in [-0.39, 0.29) is 4.90 Å². The largest absolute Gasteiger partial charge is 0.491 e. The van der Waals surface area contributed by atoms with Gasteiger partial charge in [0.15, 0.2) is 0 Å². The van der Waals surface area contributed by atoms with E-state index in [4.69, 9.17) is 32.7 Å². The molecule has 1 N–H and O–H groups in total. The maximum Gasteiger partial charge on any atom is 0.261 e. The monoisotopic (exact) mass is 375 g/mol. The van der Waals surface area contributed by atoms with Crippen LogP contribution in [0, 0.1) is 0 Å². The van der Waals surface area contributed by atoms with Gasteiger partial charge in [-0.1, -0.05) is 23.2 Å². The van der Waals surface area contributed by atoms with Crippen LogP contribution in [-0.2, 0) is 14.8 Å². The molecule has 0 amide bonds. The maximum atomic E-state index is 12.3. The van der Waals surface area contributed by atoms with Crippen LogP contribution >= 0.6 is 23.2 Å². The van der Waals surface area contributed by atoms with Crippen LogP contribution in [0.5, 0.6) is 5.75 Å². The standard InChI is InChI=1S/C15H15Cl2NO4S/c1-21-6-7-22-14-2-4-15(5-3-14)23(19,20)18-13-9-11(16)8-12(17)10-13/h2-5,8-10,18H,6-7H2,1H3. The van der Waals surface area contributed by atoms with Gasteiger partial charge in [-0.05, 0) is 42.5 Å². The van der Waals surface area contributed by atoms with Crippen LogP contribution in [-0.4, -0.2) is 28.7 Å². The summed E-state index contributed by atoms with van der Waals surface area (Å²) in [5.74, 6) is 0.562. The van der Waals surface area contributed by atoms with Crippen LogP contribution < -0.4 is 9.46 Å². The Morgan fingerprint density at radius 2 is 1.61 bits per heavy atom. The average Bonchev–Trinajstić information content (AvgIpc) is 2.46. The van der Waals surface area contributed by atoms with Gasteiger partial charge in [-0.15, -0.1) is 0 Å². The van der Waals surface area contributed by atoms with Crippen molar-refractivity contribution in [2.45, 2.75) is 4.90 Å². The zero-order valence-corrected chi connectivity index (χ0v) is 14.6. The fraction of sp³-hybridized carbons (Fsp3) is 0.200. The average molecular weight is 376 g/mol. The predicted molar refractivity (Wildman–Crippen MR) is 91.1 cm³/mol. The lowest BCUT2D eigenvalue weighted by Gasteiger charge is -2.10. The third-order valence-electron chi connectivity index (χ3n) is 2.80. The van der Waals surface area contributed by atoms with Crippen molar-refractivity contribution >= 4 is 38.9 Å². The normalized spacial score (nSPS) is 11.3. The van der Waals surface area contributed by atoms with Crippen LogP contribution in [0.25, 0.3) is 0 Å². The molecule has 8 heteroatoms. The number of benzene rings is 2. The molecule has 0 aromatic heterocycles. The Hall–Kier alpha value is -1.47. The van der Waals surface area contributed by atoms with Crippen molar-refractivity contribution in [1.82, 2.24) is 0 Å². The molecule has 0 fully saturated rings. The van der Waals surface area contributed by atoms with Crippen molar-refractivity contribution in [2.75, 3.05) is 25.0 Å². The molecule has 0 bridgehead atoms. The van der Waals surface area contributed by atoms with Gasteiger partial charge in [-0.2, -0.15) is 0 Å². The highest BCUT2D eigenvalue weighted by Gasteiger charge is 2.15. The second kappa shape index (κ2) is 7.88. The van der Waals surface area contributed by atoms with E-state index in [0.29, 0.717) is 34.7 Å². The topological polar surface area (TPSA) is 64.6 Å². The highest BCUT2D eigenvalue weighted by atomic mass is 35.5. The number of anilines is 1. The first-order valence-corrected chi connectivity index (χ1v) is 8.85. The summed E-state index contributed by atoms with van der Waals surface area (Å²) in [6, 6.07) is 10.5. The second-order valence-electron chi connectivity index (χ2n) is 4.58. The summed E-state index contributed by atoms with van der Waals surface area (Å²) in [4.78, 5) is 0.104. The van der Waals surface area contributed by atoms with E-state index in [9.17, 15) is 8.42 Å². The summed E-state index contributed by atoms with van der Waals surface area (Å²) in [5.41, 5.74) is 0.294. The summed E-state index contributed by atoms with van der Waals surface area (Å²) in [7, 11) is -2.16. The van der Waals surface area contributed by atoms with Crippen LogP contribution in [0.4, 0.5) is 5.69 Å². The Labute approximate surface area is 145 Å². The van der Waals surface area contributed by atoms with Crippen LogP contribution in [0.3, 0.4) is 0 Å². The van der Waals surface area contributed by atoms with Crippen molar-refractivity contribution < 1.29 is 17.9 Å². The zero-order valence-electron chi connectivity index (χ0n) is 12.3. The van der Waals surface area contributed by atoms with Gasteiger partial charge in [0, 0.05) is 17.2 Å². The highest BCUT2D eigenvalue weighted by Crippen LogP contribution is 2.25. The fourth-order valence-electron chi connectivity index (χ4n) is 1.78. The molecule has 2 aromatic carbocycles. The van der Waals surface area contributed by atoms with E-state index in [0.717, 1.165) is 0 Å². The van der Waals surface area contributed by atoms with E-state index in [1.807, 2.05) is 0 Å². The maximum absolute atomic E-state index is 12.3. The Morgan fingerprint density at radius 1 is 1.00 bits per heavy atom. The minimum Gasteiger partial charge on any atom is -0.491 e. The van der Waals surface area contributed by atoms with E-state index in [2.05, 4.69) is 4.72 Å². The molecule has 0 saturated heterocycles. The molecule has 0 aliphatic heterocycles. The summed E-state index contributed by atoms with van der Waals surface area (Å²) >= 11 is 11.7. The smallest absolute Gasteiger partial charge is 0.261 e. The second-order valence-corrected chi connectivity index (χ2v) is 7.13. The van der Waals surface area contributed by atoms with Gasteiger partial charge in [0.05, 0.1) is 17.2 Å². The Morgan fingerprint density at radius 3 is 2.17 bits per heavy atom. The molecule has 2 rings (SSSR count). The first-order valence-electron chi connectivity index (χ1n) is 6.61. The SMILES string of the molecule is COCCOc1ccc(S(=O)(=O)Nc2cc(Cl)cc(Cl)c2)cc1. The van der Waals surface area contributed by atoms with Crippen LogP contribution in [0.2, 0.25) is 10.0 Å². The molecule has 5 nitrogen and oxygen atoms in total. The molecular weight excluding hydrogens is 361 g/mol. The molecule has 2 aromatic rings. The van der Waals surface area contributed by atoms with Gasteiger partial charge in [0.2, 0.25) is 0 Å². The van der Waals surface area contributed by atoms with E-state index >= 15 is 0 Å². The molecule has 23 heavy (non-hydrogen) atoms. The summed E-state index contributed by atoms with van der Waals surface area (Å²) in [5, 5.41) is 0.689. The predicted octanol–water partition coefficient (Wildman–Crippen LogP) is 3.82. The van der Waals surface area contributed by atoms with Gasteiger partial charge in [-0.3, -0.25) is 4.72 Å². The van der Waals surface area contributed by atoms with E-state index < -0.39 is 10.0 Å². The third kappa shape index (κ3) is 5.28. The first-order chi connectivity index (χ1) is 10.9. The number of ether oxygens (including phenoxy) is 2. The van der Waals surface area contributed by atoms with E-state index in [1.54, 1.807) is 19.2 Å². The van der Waals surface area contributed by atoms with Gasteiger partial charge in [-0.25, -0.2) is 8.42 Å². The number of rotatable bonds is 7. The molecule has 0 aliphatic rings. The Bertz CT molecular complexity index is 743. The quantitative estimate of drug-likeness (QED) is 0.747. The lowest BCUT2D eigenvalue weighted by Crippen LogP contribution is -2.13. The molecule has 0 spiro atoms. The molecule has 124 valence electrons.